The van der Waals surface area contributed by atoms with Crippen LogP contribution in [0.2, 0.25) is 0 Å². The van der Waals surface area contributed by atoms with Crippen LogP contribution in [0.3, 0.4) is 0 Å². The third kappa shape index (κ3) is 6.32. The number of amides is 1. The van der Waals surface area contributed by atoms with Crippen LogP contribution < -0.4 is 9.46 Å². The summed E-state index contributed by atoms with van der Waals surface area (Å²) in [5.41, 5.74) is 0.293. The standard InChI is InChI=1S/C26H29F4N3O2S/c27-22-13-24(19(17-3-4-17)12-20(22)25(34)32-36-18-5-6-18)35-15-16-7-10-33(11-8-16)14-23-21(26(28,29)30)2-1-9-31-23/h1-2,9,12-13,16-18H,3-8,10-11,14-15H2,(H,32,34). The molecule has 1 aromatic heterocycles. The third-order valence-electron chi connectivity index (χ3n) is 6.95. The summed E-state index contributed by atoms with van der Waals surface area (Å²) in [6, 6.07) is 5.35. The number of hydrogen-bond donors (Lipinski definition) is 1. The van der Waals surface area contributed by atoms with Crippen molar-refractivity contribution in [3.63, 3.8) is 0 Å². The summed E-state index contributed by atoms with van der Waals surface area (Å²) in [5, 5.41) is 0.435. The van der Waals surface area contributed by atoms with E-state index in [9.17, 15) is 22.4 Å². The minimum atomic E-state index is -4.42. The molecule has 36 heavy (non-hydrogen) atoms. The van der Waals surface area contributed by atoms with Crippen molar-refractivity contribution >= 4 is 17.9 Å². The molecule has 1 aromatic carbocycles. The average Bonchev–Trinajstić information content (AvgIpc) is 3.76. The summed E-state index contributed by atoms with van der Waals surface area (Å²) in [7, 11) is 0. The fourth-order valence-electron chi connectivity index (χ4n) is 4.51. The molecule has 2 aromatic rings. The number of hydrogen-bond acceptors (Lipinski definition) is 5. The number of alkyl halides is 3. The van der Waals surface area contributed by atoms with Gasteiger partial charge in [0, 0.05) is 24.1 Å². The number of ether oxygens (including phenoxy) is 1. The lowest BCUT2D eigenvalue weighted by Gasteiger charge is -2.32. The van der Waals surface area contributed by atoms with Crippen molar-refractivity contribution in [2.75, 3.05) is 19.7 Å². The normalized spacial score (nSPS) is 19.3. The number of nitrogens with zero attached hydrogens (tertiary/aromatic N) is 2. The molecule has 2 heterocycles. The fraction of sp³-hybridized carbons (Fsp3) is 0.538. The molecular weight excluding hydrogens is 494 g/mol. The molecule has 0 unspecified atom stereocenters. The second-order valence-electron chi connectivity index (χ2n) is 9.92. The molecule has 1 amide bonds. The molecule has 0 atom stereocenters. The van der Waals surface area contributed by atoms with Gasteiger partial charge in [-0.15, -0.1) is 0 Å². The highest BCUT2D eigenvalue weighted by atomic mass is 32.2. The number of pyridine rings is 1. The van der Waals surface area contributed by atoms with E-state index in [1.807, 2.05) is 4.90 Å². The number of carbonyl (C=O) groups excluding carboxylic acids is 1. The van der Waals surface area contributed by atoms with E-state index in [1.165, 1.54) is 30.3 Å². The summed E-state index contributed by atoms with van der Waals surface area (Å²) < 4.78 is 63.4. The Morgan fingerprint density at radius 1 is 1.14 bits per heavy atom. The molecule has 0 bridgehead atoms. The molecule has 2 aliphatic carbocycles. The lowest BCUT2D eigenvalue weighted by atomic mass is 9.97. The number of nitrogens with one attached hydrogen (secondary N) is 1. The van der Waals surface area contributed by atoms with Crippen LogP contribution in [0.4, 0.5) is 17.6 Å². The number of piperidine rings is 1. The first-order chi connectivity index (χ1) is 17.3. The zero-order valence-electron chi connectivity index (χ0n) is 19.8. The number of benzene rings is 1. The van der Waals surface area contributed by atoms with Crippen molar-refractivity contribution in [2.45, 2.75) is 62.4 Å². The first-order valence-electron chi connectivity index (χ1n) is 12.4. The van der Waals surface area contributed by atoms with Gasteiger partial charge in [0.2, 0.25) is 0 Å². The van der Waals surface area contributed by atoms with Gasteiger partial charge in [-0.2, -0.15) is 13.2 Å². The van der Waals surface area contributed by atoms with Crippen LogP contribution in [0.1, 0.15) is 71.6 Å². The number of aromatic nitrogens is 1. The van der Waals surface area contributed by atoms with E-state index in [1.54, 1.807) is 6.07 Å². The van der Waals surface area contributed by atoms with Gasteiger partial charge < -0.3 is 4.74 Å². The first kappa shape index (κ1) is 25.3. The summed E-state index contributed by atoms with van der Waals surface area (Å²) in [5.74, 6) is -0.000678. The molecule has 5 nitrogen and oxygen atoms in total. The van der Waals surface area contributed by atoms with Crippen LogP contribution in [0.15, 0.2) is 30.5 Å². The molecule has 3 fully saturated rings. The number of halogens is 4. The second-order valence-corrected chi connectivity index (χ2v) is 11.0. The minimum absolute atomic E-state index is 0.0453. The van der Waals surface area contributed by atoms with E-state index >= 15 is 0 Å². The van der Waals surface area contributed by atoms with E-state index in [0.717, 1.165) is 50.2 Å². The van der Waals surface area contributed by atoms with Crippen LogP contribution >= 0.6 is 11.9 Å². The summed E-state index contributed by atoms with van der Waals surface area (Å²) >= 11 is 1.36. The molecule has 2 saturated carbocycles. The Balaban J connectivity index is 1.16. The molecule has 5 rings (SSSR count). The SMILES string of the molecule is O=C(NSC1CC1)c1cc(C2CC2)c(OCC2CCN(Cc3ncccc3C(F)(F)F)CC2)cc1F. The van der Waals surface area contributed by atoms with Crippen molar-refractivity contribution in [2.24, 2.45) is 5.92 Å². The van der Waals surface area contributed by atoms with Gasteiger partial charge >= 0.3 is 6.18 Å². The van der Waals surface area contributed by atoms with Crippen molar-refractivity contribution < 1.29 is 27.1 Å². The van der Waals surface area contributed by atoms with Gasteiger partial charge in [0.05, 0.1) is 23.4 Å². The van der Waals surface area contributed by atoms with Crippen molar-refractivity contribution in [3.05, 3.63) is 58.7 Å². The molecule has 0 radical (unpaired) electrons. The van der Waals surface area contributed by atoms with Gasteiger partial charge in [-0.25, -0.2) is 4.39 Å². The van der Waals surface area contributed by atoms with Gasteiger partial charge in [-0.3, -0.25) is 19.4 Å². The van der Waals surface area contributed by atoms with Gasteiger partial charge in [-0.05, 0) is 99.2 Å². The molecule has 194 valence electrons. The zero-order valence-corrected chi connectivity index (χ0v) is 20.6. The van der Waals surface area contributed by atoms with Crippen LogP contribution in [0.25, 0.3) is 0 Å². The Hall–Kier alpha value is -2.33. The van der Waals surface area contributed by atoms with Crippen LogP contribution in [0, 0.1) is 11.7 Å². The number of carbonyl (C=O) groups is 1. The van der Waals surface area contributed by atoms with Crippen molar-refractivity contribution in [1.29, 1.82) is 0 Å². The second kappa shape index (κ2) is 10.6. The Labute approximate surface area is 212 Å². The van der Waals surface area contributed by atoms with E-state index in [2.05, 4.69) is 9.71 Å². The van der Waals surface area contributed by atoms with E-state index in [4.69, 9.17) is 4.74 Å². The Morgan fingerprint density at radius 3 is 2.56 bits per heavy atom. The molecule has 10 heteroatoms. The van der Waals surface area contributed by atoms with Gasteiger partial charge in [-0.1, -0.05) is 0 Å². The largest absolute Gasteiger partial charge is 0.493 e. The molecule has 3 aliphatic rings. The molecule has 1 saturated heterocycles. The van der Waals surface area contributed by atoms with Crippen LogP contribution in [0.5, 0.6) is 5.75 Å². The predicted molar refractivity (Wildman–Crippen MR) is 129 cm³/mol. The lowest BCUT2D eigenvalue weighted by molar-refractivity contribution is -0.138. The predicted octanol–water partition coefficient (Wildman–Crippen LogP) is 5.95. The van der Waals surface area contributed by atoms with Crippen molar-refractivity contribution in [3.8, 4) is 5.75 Å². The first-order valence-corrected chi connectivity index (χ1v) is 13.3. The monoisotopic (exact) mass is 523 g/mol. The Morgan fingerprint density at radius 2 is 1.89 bits per heavy atom. The summed E-state index contributed by atoms with van der Waals surface area (Å²) in [6.07, 6.45) is 2.65. The highest BCUT2D eigenvalue weighted by Crippen LogP contribution is 2.45. The molecular formula is C26H29F4N3O2S. The van der Waals surface area contributed by atoms with E-state index in [0.29, 0.717) is 30.7 Å². The maximum atomic E-state index is 14.8. The maximum Gasteiger partial charge on any atom is 0.418 e. The van der Waals surface area contributed by atoms with Gasteiger partial charge in [0.1, 0.15) is 11.6 Å². The number of likely N-dealkylation sites (tertiary alicyclic amines) is 1. The molecule has 1 aliphatic heterocycles. The summed E-state index contributed by atoms with van der Waals surface area (Å²) in [6.45, 7) is 1.85. The zero-order chi connectivity index (χ0) is 25.3. The third-order valence-corrected chi connectivity index (χ3v) is 8.06. The van der Waals surface area contributed by atoms with Crippen LogP contribution in [-0.4, -0.2) is 40.7 Å². The Bertz CT molecular complexity index is 1100. The number of rotatable bonds is 9. The minimum Gasteiger partial charge on any atom is -0.493 e. The Kier molecular flexibility index (Phi) is 7.44. The maximum absolute atomic E-state index is 14.8. The smallest absolute Gasteiger partial charge is 0.418 e. The lowest BCUT2D eigenvalue weighted by Crippen LogP contribution is -2.36. The van der Waals surface area contributed by atoms with E-state index in [-0.39, 0.29) is 29.6 Å². The highest BCUT2D eigenvalue weighted by molar-refractivity contribution is 7.98. The highest BCUT2D eigenvalue weighted by Gasteiger charge is 2.35. The molecule has 0 spiro atoms. The summed E-state index contributed by atoms with van der Waals surface area (Å²) in [4.78, 5) is 18.4. The fourth-order valence-corrected chi connectivity index (χ4v) is 5.27. The van der Waals surface area contributed by atoms with Gasteiger partial charge in [0.25, 0.3) is 5.91 Å². The van der Waals surface area contributed by atoms with Crippen LogP contribution in [-0.2, 0) is 12.7 Å². The van der Waals surface area contributed by atoms with Crippen molar-refractivity contribution in [1.82, 2.24) is 14.6 Å². The van der Waals surface area contributed by atoms with Gasteiger partial charge in [0.15, 0.2) is 0 Å². The topological polar surface area (TPSA) is 54.5 Å². The quantitative estimate of drug-likeness (QED) is 0.325. The van der Waals surface area contributed by atoms with E-state index < -0.39 is 23.5 Å². The average molecular weight is 524 g/mol. The molecule has 1 N–H and O–H groups in total.